The molecule has 1 aliphatic carbocycles. The fourth-order valence-corrected chi connectivity index (χ4v) is 3.19. The van der Waals surface area contributed by atoms with E-state index >= 15 is 0 Å². The molecule has 2 heteroatoms. The first kappa shape index (κ1) is 11.4. The van der Waals surface area contributed by atoms with Crippen molar-refractivity contribution in [3.05, 3.63) is 0 Å². The predicted octanol–water partition coefficient (Wildman–Crippen LogP) is 3.35. The molecule has 0 aromatic heterocycles. The van der Waals surface area contributed by atoms with Gasteiger partial charge < -0.3 is 9.47 Å². The van der Waals surface area contributed by atoms with Crippen molar-refractivity contribution in [3.8, 4) is 0 Å². The van der Waals surface area contributed by atoms with Gasteiger partial charge in [-0.1, -0.05) is 26.7 Å². The van der Waals surface area contributed by atoms with Gasteiger partial charge >= 0.3 is 0 Å². The van der Waals surface area contributed by atoms with Gasteiger partial charge in [0.05, 0.1) is 12.2 Å². The van der Waals surface area contributed by atoms with Crippen molar-refractivity contribution in [1.82, 2.24) is 0 Å². The van der Waals surface area contributed by atoms with Gasteiger partial charge in [0.15, 0.2) is 5.79 Å². The van der Waals surface area contributed by atoms with E-state index in [9.17, 15) is 0 Å². The summed E-state index contributed by atoms with van der Waals surface area (Å²) in [7, 11) is 0. The van der Waals surface area contributed by atoms with Crippen LogP contribution in [-0.4, -0.2) is 18.0 Å². The average molecular weight is 212 g/mol. The highest BCUT2D eigenvalue weighted by Gasteiger charge is 2.51. The van der Waals surface area contributed by atoms with Crippen LogP contribution in [-0.2, 0) is 9.47 Å². The Morgan fingerprint density at radius 2 is 1.67 bits per heavy atom. The van der Waals surface area contributed by atoms with E-state index in [2.05, 4.69) is 27.7 Å². The second kappa shape index (κ2) is 4.06. The Labute approximate surface area is 93.3 Å². The van der Waals surface area contributed by atoms with Crippen LogP contribution in [0.3, 0.4) is 0 Å². The number of rotatable bonds is 2. The van der Waals surface area contributed by atoms with Crippen molar-refractivity contribution < 1.29 is 9.47 Å². The second-order valence-electron chi connectivity index (χ2n) is 5.49. The fraction of sp³-hybridized carbons (Fsp3) is 1.00. The lowest BCUT2D eigenvalue weighted by Crippen LogP contribution is -2.27. The summed E-state index contributed by atoms with van der Waals surface area (Å²) in [6, 6.07) is 0. The van der Waals surface area contributed by atoms with Crippen molar-refractivity contribution in [2.45, 2.75) is 71.4 Å². The summed E-state index contributed by atoms with van der Waals surface area (Å²) < 4.78 is 12.1. The lowest BCUT2D eigenvalue weighted by molar-refractivity contribution is -0.170. The van der Waals surface area contributed by atoms with Crippen molar-refractivity contribution in [3.63, 3.8) is 0 Å². The molecule has 1 saturated heterocycles. The Bertz CT molecular complexity index is 217. The van der Waals surface area contributed by atoms with Crippen molar-refractivity contribution in [2.24, 2.45) is 11.8 Å². The standard InChI is InChI=1S/C13H24O2/c1-5-6-12-8-13(7-9(12)2)14-10(3)11(4)15-13/h9-12H,5-8H2,1-4H3/t9-,10-,11-,12-/m1/s1. The molecule has 0 N–H and O–H groups in total. The van der Waals surface area contributed by atoms with Crippen LogP contribution in [0.1, 0.15) is 53.4 Å². The van der Waals surface area contributed by atoms with E-state index in [1.165, 1.54) is 12.8 Å². The number of hydrogen-bond acceptors (Lipinski definition) is 2. The maximum Gasteiger partial charge on any atom is 0.169 e. The molecule has 2 nitrogen and oxygen atoms in total. The summed E-state index contributed by atoms with van der Waals surface area (Å²) >= 11 is 0. The van der Waals surface area contributed by atoms with Crippen molar-refractivity contribution in [2.75, 3.05) is 0 Å². The van der Waals surface area contributed by atoms with Crippen LogP contribution in [0.15, 0.2) is 0 Å². The van der Waals surface area contributed by atoms with E-state index in [0.717, 1.165) is 24.7 Å². The van der Waals surface area contributed by atoms with Gasteiger partial charge in [0.25, 0.3) is 0 Å². The van der Waals surface area contributed by atoms with Crippen molar-refractivity contribution >= 4 is 0 Å². The van der Waals surface area contributed by atoms with Gasteiger partial charge in [-0.25, -0.2) is 0 Å². The second-order valence-corrected chi connectivity index (χ2v) is 5.49. The Morgan fingerprint density at radius 1 is 1.07 bits per heavy atom. The largest absolute Gasteiger partial charge is 0.344 e. The van der Waals surface area contributed by atoms with Gasteiger partial charge in [0.2, 0.25) is 0 Å². The summed E-state index contributed by atoms with van der Waals surface area (Å²) in [6.45, 7) is 8.85. The van der Waals surface area contributed by atoms with Gasteiger partial charge in [-0.15, -0.1) is 0 Å². The van der Waals surface area contributed by atoms with Gasteiger partial charge in [-0.3, -0.25) is 0 Å². The first-order valence-corrected chi connectivity index (χ1v) is 6.42. The maximum atomic E-state index is 6.05. The third kappa shape index (κ3) is 2.07. The lowest BCUT2D eigenvalue weighted by Gasteiger charge is -2.22. The molecule has 2 rings (SSSR count). The normalized spacial score (nSPS) is 44.0. The van der Waals surface area contributed by atoms with E-state index in [0.29, 0.717) is 0 Å². The fourth-order valence-electron chi connectivity index (χ4n) is 3.19. The molecule has 4 atom stereocenters. The molecule has 1 spiro atoms. The molecular weight excluding hydrogens is 188 g/mol. The van der Waals surface area contributed by atoms with Crippen LogP contribution in [0.5, 0.6) is 0 Å². The summed E-state index contributed by atoms with van der Waals surface area (Å²) in [6.07, 6.45) is 5.31. The molecule has 1 heterocycles. The maximum absolute atomic E-state index is 6.05. The van der Waals surface area contributed by atoms with E-state index < -0.39 is 0 Å². The minimum atomic E-state index is -0.224. The zero-order valence-electron chi connectivity index (χ0n) is 10.5. The highest BCUT2D eigenvalue weighted by molar-refractivity contribution is 4.93. The minimum absolute atomic E-state index is 0.224. The van der Waals surface area contributed by atoms with Crippen molar-refractivity contribution in [1.29, 1.82) is 0 Å². The van der Waals surface area contributed by atoms with Crippen LogP contribution in [0.2, 0.25) is 0 Å². The summed E-state index contributed by atoms with van der Waals surface area (Å²) in [4.78, 5) is 0. The third-order valence-corrected chi connectivity index (χ3v) is 4.13. The summed E-state index contributed by atoms with van der Waals surface area (Å²) in [5.74, 6) is 1.33. The van der Waals surface area contributed by atoms with E-state index in [1.54, 1.807) is 0 Å². The Kier molecular flexibility index (Phi) is 3.09. The number of hydrogen-bond donors (Lipinski definition) is 0. The Morgan fingerprint density at radius 3 is 2.20 bits per heavy atom. The van der Waals surface area contributed by atoms with E-state index in [1.807, 2.05) is 0 Å². The van der Waals surface area contributed by atoms with E-state index in [4.69, 9.17) is 9.47 Å². The van der Waals surface area contributed by atoms with E-state index in [-0.39, 0.29) is 18.0 Å². The van der Waals surface area contributed by atoms with Gasteiger partial charge in [-0.05, 0) is 25.7 Å². The Balaban J connectivity index is 2.01. The molecule has 0 aromatic rings. The molecule has 0 unspecified atom stereocenters. The molecular formula is C13H24O2. The average Bonchev–Trinajstić information content (AvgIpc) is 2.56. The molecule has 0 radical (unpaired) electrons. The molecule has 2 fully saturated rings. The molecule has 2 aliphatic rings. The smallest absolute Gasteiger partial charge is 0.169 e. The SMILES string of the molecule is CCC[C@@H]1CC2(C[C@H]1C)O[C@H](C)[C@@H](C)O2. The van der Waals surface area contributed by atoms with Gasteiger partial charge in [0, 0.05) is 12.8 Å². The topological polar surface area (TPSA) is 18.5 Å². The lowest BCUT2D eigenvalue weighted by atomic mass is 9.94. The molecule has 15 heavy (non-hydrogen) atoms. The highest BCUT2D eigenvalue weighted by atomic mass is 16.8. The van der Waals surface area contributed by atoms with Crippen LogP contribution in [0.4, 0.5) is 0 Å². The van der Waals surface area contributed by atoms with Gasteiger partial charge in [-0.2, -0.15) is 0 Å². The van der Waals surface area contributed by atoms with Crippen LogP contribution >= 0.6 is 0 Å². The monoisotopic (exact) mass is 212 g/mol. The van der Waals surface area contributed by atoms with Crippen LogP contribution < -0.4 is 0 Å². The first-order chi connectivity index (χ1) is 7.06. The molecule has 1 saturated carbocycles. The zero-order chi connectivity index (χ0) is 11.1. The molecule has 0 aromatic carbocycles. The highest BCUT2D eigenvalue weighted by Crippen LogP contribution is 2.48. The Hall–Kier alpha value is -0.0800. The number of ether oxygens (including phenoxy) is 2. The molecule has 0 amide bonds. The minimum Gasteiger partial charge on any atom is -0.344 e. The summed E-state index contributed by atoms with van der Waals surface area (Å²) in [5.41, 5.74) is 0. The van der Waals surface area contributed by atoms with Crippen LogP contribution in [0, 0.1) is 11.8 Å². The zero-order valence-corrected chi connectivity index (χ0v) is 10.5. The quantitative estimate of drug-likeness (QED) is 0.699. The molecule has 1 aliphatic heterocycles. The van der Waals surface area contributed by atoms with Crippen LogP contribution in [0.25, 0.3) is 0 Å². The third-order valence-electron chi connectivity index (χ3n) is 4.13. The first-order valence-electron chi connectivity index (χ1n) is 6.42. The predicted molar refractivity (Wildman–Crippen MR) is 60.6 cm³/mol. The molecule has 88 valence electrons. The molecule has 0 bridgehead atoms. The van der Waals surface area contributed by atoms with Gasteiger partial charge in [0.1, 0.15) is 0 Å². The summed E-state index contributed by atoms with van der Waals surface area (Å²) in [5, 5.41) is 0.